The fourth-order valence-corrected chi connectivity index (χ4v) is 15.0. The van der Waals surface area contributed by atoms with Crippen LogP contribution in [0.15, 0.2) is 58.7 Å². The van der Waals surface area contributed by atoms with Crippen molar-refractivity contribution in [1.29, 1.82) is 0 Å². The van der Waals surface area contributed by atoms with Gasteiger partial charge in [-0.3, -0.25) is 0 Å². The number of thioether (sulfide) groups is 2. The Morgan fingerprint density at radius 2 is 0.902 bits per heavy atom. The number of hydrogen-bond acceptors (Lipinski definition) is 4. The van der Waals surface area contributed by atoms with Gasteiger partial charge in [-0.1, -0.05) is 51.4 Å². The monoisotopic (exact) mass is 676 g/mol. The van der Waals surface area contributed by atoms with Crippen LogP contribution in [0.4, 0.5) is 26.3 Å². The third-order valence-electron chi connectivity index (χ3n) is 8.50. The van der Waals surface area contributed by atoms with Crippen LogP contribution in [-0.4, -0.2) is 43.4 Å². The van der Waals surface area contributed by atoms with Crippen LogP contribution in [-0.2, 0) is 0 Å². The van der Waals surface area contributed by atoms with Crippen molar-refractivity contribution in [1.82, 2.24) is 0 Å². The lowest BCUT2D eigenvalue weighted by molar-refractivity contribution is -0.258. The maximum atomic E-state index is 15.6. The third kappa shape index (κ3) is 3.85. The Hall–Kier alpha value is -0.926. The van der Waals surface area contributed by atoms with Crippen LogP contribution in [0.3, 0.4) is 0 Å². The van der Waals surface area contributed by atoms with Crippen LogP contribution in [0.5, 0.6) is 0 Å². The van der Waals surface area contributed by atoms with E-state index in [9.17, 15) is 0 Å². The Morgan fingerprint density at radius 3 is 1.20 bits per heavy atom. The number of allylic oxidation sites excluding steroid dienone is 4. The Balaban J connectivity index is 1.59. The van der Waals surface area contributed by atoms with Gasteiger partial charge in [-0.2, -0.15) is 26.3 Å². The van der Waals surface area contributed by atoms with E-state index in [0.717, 1.165) is 9.75 Å². The van der Waals surface area contributed by atoms with Crippen molar-refractivity contribution in [3.05, 3.63) is 68.5 Å². The van der Waals surface area contributed by atoms with Crippen LogP contribution >= 0.6 is 46.2 Å². The van der Waals surface area contributed by atoms with Crippen molar-refractivity contribution in [3.8, 4) is 0 Å². The first-order valence-electron chi connectivity index (χ1n) is 13.2. The van der Waals surface area contributed by atoms with Gasteiger partial charge < -0.3 is 0 Å². The van der Waals surface area contributed by atoms with Gasteiger partial charge in [-0.15, -0.1) is 46.2 Å². The summed E-state index contributed by atoms with van der Waals surface area (Å²) in [5.74, 6) is -15.6. The molecule has 0 nitrogen and oxygen atoms in total. The average Bonchev–Trinajstić information content (AvgIpc) is 3.61. The van der Waals surface area contributed by atoms with E-state index in [1.807, 2.05) is 24.3 Å². The van der Waals surface area contributed by atoms with Gasteiger partial charge in [0.1, 0.15) is 0 Å². The van der Waals surface area contributed by atoms with Crippen LogP contribution < -0.4 is 9.00 Å². The summed E-state index contributed by atoms with van der Waals surface area (Å²) in [6, 6.07) is 7.95. The van der Waals surface area contributed by atoms with Crippen LogP contribution in [0.2, 0.25) is 39.3 Å². The molecular weight excluding hydrogens is 647 g/mol. The molecule has 0 unspecified atom stereocenters. The average molecular weight is 677 g/mol. The van der Waals surface area contributed by atoms with E-state index in [1.165, 1.54) is 44.7 Å². The molecule has 4 aliphatic rings. The van der Waals surface area contributed by atoms with Crippen molar-refractivity contribution < 1.29 is 26.3 Å². The van der Waals surface area contributed by atoms with Crippen LogP contribution in [0.1, 0.15) is 23.6 Å². The topological polar surface area (TPSA) is 0 Å². The molecule has 0 aromatic carbocycles. The maximum absolute atomic E-state index is 15.6. The Kier molecular flexibility index (Phi) is 6.33. The number of halogens is 6. The molecule has 2 aromatic rings. The zero-order valence-corrected chi connectivity index (χ0v) is 29.1. The molecule has 0 N–H and O–H groups in total. The number of fused-ring (bicyclic) bond motifs is 4. The van der Waals surface area contributed by atoms with E-state index >= 15 is 26.3 Å². The van der Waals surface area contributed by atoms with Crippen molar-refractivity contribution in [2.75, 3.05) is 0 Å². The maximum Gasteiger partial charge on any atom is 0.380 e. The van der Waals surface area contributed by atoms with E-state index in [1.54, 1.807) is 36.5 Å². The molecule has 41 heavy (non-hydrogen) atoms. The van der Waals surface area contributed by atoms with Crippen molar-refractivity contribution in [2.24, 2.45) is 0 Å². The van der Waals surface area contributed by atoms with Crippen LogP contribution in [0.25, 0.3) is 9.81 Å². The molecule has 0 saturated heterocycles. The predicted molar refractivity (Wildman–Crippen MR) is 171 cm³/mol. The largest absolute Gasteiger partial charge is 0.380 e. The molecule has 0 radical (unpaired) electrons. The molecule has 220 valence electrons. The first-order valence-corrected chi connectivity index (χ1v) is 23.5. The van der Waals surface area contributed by atoms with Crippen molar-refractivity contribution in [2.45, 2.75) is 80.4 Å². The molecule has 6 rings (SSSR count). The molecule has 12 heteroatoms. The summed E-state index contributed by atoms with van der Waals surface area (Å²) < 4.78 is 92.7. The normalized spacial score (nSPS) is 29.9. The molecular formula is C29H30F6S4Si2. The molecule has 0 amide bonds. The van der Waals surface area contributed by atoms with Crippen molar-refractivity contribution in [3.63, 3.8) is 0 Å². The predicted octanol–water partition coefficient (Wildman–Crippen LogP) is 9.82. The zero-order valence-electron chi connectivity index (χ0n) is 23.9. The highest BCUT2D eigenvalue weighted by atomic mass is 32.2. The van der Waals surface area contributed by atoms with E-state index < -0.39 is 54.6 Å². The molecule has 1 fully saturated rings. The summed E-state index contributed by atoms with van der Waals surface area (Å²) in [5, 5.41) is 0. The van der Waals surface area contributed by atoms with Gasteiger partial charge in [0.05, 0.1) is 25.6 Å². The van der Waals surface area contributed by atoms with Gasteiger partial charge in [-0.25, -0.2) is 0 Å². The number of hydrogen-bond donors (Lipinski definition) is 0. The summed E-state index contributed by atoms with van der Waals surface area (Å²) in [4.78, 5) is 3.01. The molecule has 2 aromatic heterocycles. The summed E-state index contributed by atoms with van der Waals surface area (Å²) >= 11 is 5.81. The standard InChI is InChI=1S/C29H30F6S4Si2/c1-25-15(13-19(38-25)17-9-11-21(36-17)40(3,4)5)23-24(28(32,33)29(34,35)27(23,30)31)16-14-20(39-26(16,25)2)18-10-12-22(37-18)41(6,7)8/h9-14H,1-8H3/t25-,26-/m0/s1. The van der Waals surface area contributed by atoms with Gasteiger partial charge >= 0.3 is 17.8 Å². The van der Waals surface area contributed by atoms with Crippen molar-refractivity contribution >= 4 is 81.2 Å². The van der Waals surface area contributed by atoms with Gasteiger partial charge in [0, 0.05) is 30.7 Å². The quantitative estimate of drug-likeness (QED) is 0.234. The number of alkyl halides is 6. The second kappa shape index (κ2) is 8.62. The molecule has 1 saturated carbocycles. The molecule has 0 spiro atoms. The lowest BCUT2D eigenvalue weighted by Gasteiger charge is -2.47. The van der Waals surface area contributed by atoms with E-state index in [-0.39, 0.29) is 11.1 Å². The van der Waals surface area contributed by atoms with Crippen LogP contribution in [0, 0.1) is 0 Å². The third-order valence-corrected chi connectivity index (χ3v) is 21.5. The Morgan fingerprint density at radius 1 is 0.561 bits per heavy atom. The van der Waals surface area contributed by atoms with E-state index in [0.29, 0.717) is 9.81 Å². The Labute approximate surface area is 255 Å². The van der Waals surface area contributed by atoms with E-state index in [2.05, 4.69) is 39.3 Å². The summed E-state index contributed by atoms with van der Waals surface area (Å²) in [7, 11) is -3.32. The molecule has 2 atom stereocenters. The summed E-state index contributed by atoms with van der Waals surface area (Å²) in [6.07, 6.45) is 2.97. The van der Waals surface area contributed by atoms with E-state index in [4.69, 9.17) is 0 Å². The highest BCUT2D eigenvalue weighted by molar-refractivity contribution is 8.14. The van der Waals surface area contributed by atoms with Gasteiger partial charge in [0.25, 0.3) is 0 Å². The zero-order chi connectivity index (χ0) is 30.3. The molecule has 2 aliphatic heterocycles. The smallest absolute Gasteiger partial charge is 0.194 e. The fraction of sp³-hybridized carbons (Fsp3) is 0.448. The lowest BCUT2D eigenvalue weighted by Crippen LogP contribution is -2.48. The first-order chi connectivity index (χ1) is 18.6. The fourth-order valence-electron chi connectivity index (χ4n) is 5.90. The Bertz CT molecular complexity index is 1510. The molecule has 4 heterocycles. The van der Waals surface area contributed by atoms with Gasteiger partial charge in [0.2, 0.25) is 0 Å². The van der Waals surface area contributed by atoms with Gasteiger partial charge in [-0.05, 0) is 58.3 Å². The minimum absolute atomic E-state index is 0.111. The summed E-state index contributed by atoms with van der Waals surface area (Å²) in [6.45, 7) is 16.7. The highest BCUT2D eigenvalue weighted by Gasteiger charge is 2.84. The number of thiophene rings is 2. The second-order valence-electron chi connectivity index (χ2n) is 13.4. The lowest BCUT2D eigenvalue weighted by atomic mass is 9.71. The molecule has 2 aliphatic carbocycles. The van der Waals surface area contributed by atoms with Gasteiger partial charge in [0.15, 0.2) is 0 Å². The minimum atomic E-state index is -5.54. The molecule has 0 bridgehead atoms. The first kappa shape index (κ1) is 30.1. The second-order valence-corrected chi connectivity index (χ2v) is 29.3. The highest BCUT2D eigenvalue weighted by Crippen LogP contribution is 2.75. The summed E-state index contributed by atoms with van der Waals surface area (Å²) in [5.41, 5.74) is -2.61. The number of rotatable bonds is 4. The minimum Gasteiger partial charge on any atom is -0.194 e. The SMILES string of the molecule is C[C@]12SC(c3ccc([Si](C)(C)C)s3)=CC1=C1C(=C3C=C(c4ccc([Si](C)(C)C)s4)S[C@@]32C)C(F)(F)C(F)(F)C1(F)F.